The van der Waals surface area contributed by atoms with E-state index in [-0.39, 0.29) is 22.4 Å². The highest BCUT2D eigenvalue weighted by atomic mass is 19.1. The van der Waals surface area contributed by atoms with Crippen molar-refractivity contribution in [2.24, 2.45) is 0 Å². The average molecular weight is 363 g/mol. The van der Waals surface area contributed by atoms with Crippen molar-refractivity contribution >= 4 is 5.97 Å². The molecular weight excluding hydrogens is 349 g/mol. The number of aromatic nitrogens is 3. The van der Waals surface area contributed by atoms with Crippen LogP contribution >= 0.6 is 0 Å². The third-order valence-electron chi connectivity index (χ3n) is 4.18. The van der Waals surface area contributed by atoms with Crippen LogP contribution in [0.1, 0.15) is 10.4 Å². The van der Waals surface area contributed by atoms with Crippen LogP contribution in [0.25, 0.3) is 22.6 Å². The number of hydrogen-bond donors (Lipinski definition) is 0. The van der Waals surface area contributed by atoms with E-state index in [1.165, 1.54) is 40.9 Å². The SMILES string of the molecule is COC(=O)c1cn(-c2cccc(F)c2)cc2c(=O)n(-c3ccccc3)nc1-2. The number of esters is 1. The Morgan fingerprint density at radius 2 is 1.78 bits per heavy atom. The molecule has 2 aromatic rings. The molecule has 7 heteroatoms. The third kappa shape index (κ3) is 2.89. The Labute approximate surface area is 153 Å². The van der Waals surface area contributed by atoms with E-state index in [1.807, 2.05) is 6.07 Å². The molecule has 0 radical (unpaired) electrons. The summed E-state index contributed by atoms with van der Waals surface area (Å²) in [4.78, 5) is 25.2. The lowest BCUT2D eigenvalue weighted by molar-refractivity contribution is 0.0600. The highest BCUT2D eigenvalue weighted by molar-refractivity contribution is 5.96. The average Bonchev–Trinajstić information content (AvgIpc) is 3.04. The number of hydrogen-bond acceptors (Lipinski definition) is 4. The zero-order valence-corrected chi connectivity index (χ0v) is 14.3. The van der Waals surface area contributed by atoms with E-state index in [9.17, 15) is 14.0 Å². The monoisotopic (exact) mass is 363 g/mol. The molecule has 0 saturated carbocycles. The Balaban J connectivity index is 2.01. The number of benzene rings is 2. The third-order valence-corrected chi connectivity index (χ3v) is 4.18. The molecule has 2 aliphatic rings. The number of carbonyl (C=O) groups excluding carboxylic acids is 1. The molecule has 0 spiro atoms. The van der Waals surface area contributed by atoms with Crippen molar-refractivity contribution in [3.05, 3.63) is 88.7 Å². The van der Waals surface area contributed by atoms with Crippen molar-refractivity contribution in [1.82, 2.24) is 14.3 Å². The summed E-state index contributed by atoms with van der Waals surface area (Å²) in [6.07, 6.45) is 3.01. The van der Waals surface area contributed by atoms with Gasteiger partial charge in [0.25, 0.3) is 5.56 Å². The van der Waals surface area contributed by atoms with Crippen LogP contribution in [0.4, 0.5) is 4.39 Å². The summed E-state index contributed by atoms with van der Waals surface area (Å²) in [5.74, 6) is -1.06. The number of ether oxygens (including phenoxy) is 1. The van der Waals surface area contributed by atoms with E-state index in [2.05, 4.69) is 5.10 Å². The first kappa shape index (κ1) is 16.7. The molecule has 0 aromatic heterocycles. The standard InChI is InChI=1S/C20H14FN3O3/c1-27-20(26)17-12-23(15-9-5-6-13(21)10-15)11-16-18(17)22-24(19(16)25)14-7-3-2-4-8-14/h2-12H,1H3. The summed E-state index contributed by atoms with van der Waals surface area (Å²) in [5, 5.41) is 4.32. The second kappa shape index (κ2) is 6.53. The molecule has 0 aliphatic carbocycles. The van der Waals surface area contributed by atoms with Gasteiger partial charge in [0.1, 0.15) is 17.1 Å². The summed E-state index contributed by atoms with van der Waals surface area (Å²) in [7, 11) is 1.25. The van der Waals surface area contributed by atoms with Crippen molar-refractivity contribution in [3.8, 4) is 22.6 Å². The smallest absolute Gasteiger partial charge is 0.341 e. The molecule has 134 valence electrons. The van der Waals surface area contributed by atoms with Crippen molar-refractivity contribution in [2.45, 2.75) is 0 Å². The molecule has 2 aliphatic heterocycles. The molecule has 2 aromatic carbocycles. The van der Waals surface area contributed by atoms with E-state index in [0.717, 1.165) is 0 Å². The number of methoxy groups -OCH3 is 1. The van der Waals surface area contributed by atoms with Gasteiger partial charge in [-0.3, -0.25) is 4.79 Å². The summed E-state index contributed by atoms with van der Waals surface area (Å²) in [6.45, 7) is 0. The van der Waals surface area contributed by atoms with Gasteiger partial charge in [-0.05, 0) is 30.3 Å². The Morgan fingerprint density at radius 3 is 2.48 bits per heavy atom. The van der Waals surface area contributed by atoms with Gasteiger partial charge < -0.3 is 9.30 Å². The molecule has 6 nitrogen and oxygen atoms in total. The van der Waals surface area contributed by atoms with E-state index < -0.39 is 11.8 Å². The summed E-state index contributed by atoms with van der Waals surface area (Å²) < 4.78 is 21.2. The van der Waals surface area contributed by atoms with Crippen LogP contribution in [0.2, 0.25) is 0 Å². The molecule has 0 atom stereocenters. The summed E-state index contributed by atoms with van der Waals surface area (Å²) in [6, 6.07) is 14.7. The van der Waals surface area contributed by atoms with Gasteiger partial charge in [0.15, 0.2) is 0 Å². The minimum Gasteiger partial charge on any atom is -0.465 e. The molecule has 2 heterocycles. The molecule has 0 N–H and O–H groups in total. The first-order valence-corrected chi connectivity index (χ1v) is 8.13. The topological polar surface area (TPSA) is 66.1 Å². The first-order chi connectivity index (χ1) is 13.1. The number of carbonyl (C=O) groups is 1. The first-order valence-electron chi connectivity index (χ1n) is 8.13. The van der Waals surface area contributed by atoms with E-state index >= 15 is 0 Å². The number of halogens is 1. The number of pyridine rings is 1. The van der Waals surface area contributed by atoms with Gasteiger partial charge in [-0.15, -0.1) is 0 Å². The van der Waals surface area contributed by atoms with Crippen LogP contribution in [0.5, 0.6) is 0 Å². The number of fused-ring (bicyclic) bond motifs is 1. The lowest BCUT2D eigenvalue weighted by Crippen LogP contribution is -2.15. The second-order valence-electron chi connectivity index (χ2n) is 5.87. The van der Waals surface area contributed by atoms with Crippen molar-refractivity contribution in [2.75, 3.05) is 7.11 Å². The zero-order chi connectivity index (χ0) is 19.0. The van der Waals surface area contributed by atoms with Gasteiger partial charge in [-0.2, -0.15) is 9.78 Å². The minimum absolute atomic E-state index is 0.117. The lowest BCUT2D eigenvalue weighted by Gasteiger charge is -2.11. The maximum absolute atomic E-state index is 13.6. The largest absolute Gasteiger partial charge is 0.465 e. The van der Waals surface area contributed by atoms with E-state index in [4.69, 9.17) is 4.74 Å². The van der Waals surface area contributed by atoms with Gasteiger partial charge in [0.05, 0.1) is 18.4 Å². The molecule has 0 amide bonds. The van der Waals surface area contributed by atoms with Crippen molar-refractivity contribution in [3.63, 3.8) is 0 Å². The fourth-order valence-corrected chi connectivity index (χ4v) is 2.90. The van der Waals surface area contributed by atoms with Crippen LogP contribution in [-0.2, 0) is 4.74 Å². The van der Waals surface area contributed by atoms with Crippen LogP contribution in [0, 0.1) is 5.82 Å². The minimum atomic E-state index is -0.636. The van der Waals surface area contributed by atoms with Crippen molar-refractivity contribution < 1.29 is 13.9 Å². The number of nitrogens with zero attached hydrogens (tertiary/aromatic N) is 3. The highest BCUT2D eigenvalue weighted by Crippen LogP contribution is 2.25. The van der Waals surface area contributed by atoms with Gasteiger partial charge in [0, 0.05) is 18.1 Å². The van der Waals surface area contributed by atoms with Crippen LogP contribution in [0.3, 0.4) is 0 Å². The lowest BCUT2D eigenvalue weighted by atomic mass is 10.1. The zero-order valence-electron chi connectivity index (χ0n) is 14.3. The Bertz CT molecular complexity index is 1160. The molecule has 0 bridgehead atoms. The highest BCUT2D eigenvalue weighted by Gasteiger charge is 2.25. The summed E-state index contributed by atoms with van der Waals surface area (Å²) in [5.41, 5.74) is 1.23. The molecular formula is C20H14FN3O3. The molecule has 4 rings (SSSR count). The molecule has 27 heavy (non-hydrogen) atoms. The van der Waals surface area contributed by atoms with E-state index in [1.54, 1.807) is 36.4 Å². The Hall–Kier alpha value is -3.74. The Morgan fingerprint density at radius 1 is 1.04 bits per heavy atom. The van der Waals surface area contributed by atoms with E-state index in [0.29, 0.717) is 11.4 Å². The van der Waals surface area contributed by atoms with Gasteiger partial charge >= 0.3 is 5.97 Å². The number of rotatable bonds is 3. The summed E-state index contributed by atoms with van der Waals surface area (Å²) >= 11 is 0. The molecule has 0 saturated heterocycles. The molecule has 0 fully saturated rings. The normalized spacial score (nSPS) is 10.9. The maximum atomic E-state index is 13.6. The fraction of sp³-hybridized carbons (Fsp3) is 0.0500. The maximum Gasteiger partial charge on any atom is 0.341 e. The van der Waals surface area contributed by atoms with Gasteiger partial charge in [-0.25, -0.2) is 9.18 Å². The van der Waals surface area contributed by atoms with Gasteiger partial charge in [0.2, 0.25) is 0 Å². The fourth-order valence-electron chi connectivity index (χ4n) is 2.90. The van der Waals surface area contributed by atoms with Crippen LogP contribution in [0.15, 0.2) is 71.8 Å². The predicted molar refractivity (Wildman–Crippen MR) is 97.1 cm³/mol. The Kier molecular flexibility index (Phi) is 4.04. The van der Waals surface area contributed by atoms with Crippen molar-refractivity contribution in [1.29, 1.82) is 0 Å². The van der Waals surface area contributed by atoms with Crippen LogP contribution in [-0.4, -0.2) is 27.4 Å². The molecule has 0 unspecified atom stereocenters. The second-order valence-corrected chi connectivity index (χ2v) is 5.87. The van der Waals surface area contributed by atoms with Gasteiger partial charge in [-0.1, -0.05) is 24.3 Å². The number of para-hydroxylation sites is 1. The predicted octanol–water partition coefficient (Wildman–Crippen LogP) is 3.05. The quantitative estimate of drug-likeness (QED) is 0.525. The van der Waals surface area contributed by atoms with Crippen LogP contribution < -0.4 is 5.56 Å².